The highest BCUT2D eigenvalue weighted by atomic mass is 15.1. The molecule has 1 aliphatic heterocycles. The molecule has 0 aromatic carbocycles. The summed E-state index contributed by atoms with van der Waals surface area (Å²) < 4.78 is 0. The molecule has 0 spiro atoms. The molecule has 1 atom stereocenters. The topological polar surface area (TPSA) is 28.2 Å². The number of aromatic nitrogens is 1. The zero-order chi connectivity index (χ0) is 14.2. The maximum Gasteiger partial charge on any atom is 0.0544 e. The summed E-state index contributed by atoms with van der Waals surface area (Å²) in [5.41, 5.74) is 2.49. The Labute approximate surface area is 123 Å². The van der Waals surface area contributed by atoms with Gasteiger partial charge in [0.1, 0.15) is 0 Å². The van der Waals surface area contributed by atoms with Gasteiger partial charge in [0.25, 0.3) is 0 Å². The molecule has 3 nitrogen and oxygen atoms in total. The molecule has 3 heteroatoms. The molecular formula is C17H29N3. The maximum absolute atomic E-state index is 4.62. The van der Waals surface area contributed by atoms with Crippen LogP contribution in [-0.2, 0) is 13.1 Å². The third-order valence-corrected chi connectivity index (χ3v) is 4.21. The van der Waals surface area contributed by atoms with Crippen LogP contribution in [0.5, 0.6) is 0 Å². The summed E-state index contributed by atoms with van der Waals surface area (Å²) in [5.74, 6) is 0.890. The average Bonchev–Trinajstić information content (AvgIpc) is 2.49. The molecule has 0 aliphatic carbocycles. The molecule has 1 saturated heterocycles. The molecule has 20 heavy (non-hydrogen) atoms. The first-order valence-electron chi connectivity index (χ1n) is 8.18. The van der Waals surface area contributed by atoms with Crippen molar-refractivity contribution in [2.24, 2.45) is 5.92 Å². The molecule has 1 unspecified atom stereocenters. The van der Waals surface area contributed by atoms with Gasteiger partial charge in [0.15, 0.2) is 0 Å². The lowest BCUT2D eigenvalue weighted by Gasteiger charge is -2.31. The zero-order valence-electron chi connectivity index (χ0n) is 13.1. The molecule has 0 radical (unpaired) electrons. The predicted octanol–water partition coefficient (Wildman–Crippen LogP) is 3.20. The standard InChI is InChI=1S/C17H29N3/c1-3-9-18-11-16-7-8-17(19-12-16)14-20-10-5-6-15(4-2)13-20/h7-8,12,15,18H,3-6,9-11,13-14H2,1-2H3. The molecule has 0 amide bonds. The Morgan fingerprint density at radius 1 is 1.35 bits per heavy atom. The van der Waals surface area contributed by atoms with Crippen LogP contribution in [0.25, 0.3) is 0 Å². The van der Waals surface area contributed by atoms with Crippen molar-refractivity contribution in [1.29, 1.82) is 0 Å². The number of hydrogen-bond acceptors (Lipinski definition) is 3. The summed E-state index contributed by atoms with van der Waals surface area (Å²) in [7, 11) is 0. The van der Waals surface area contributed by atoms with Gasteiger partial charge >= 0.3 is 0 Å². The van der Waals surface area contributed by atoms with E-state index >= 15 is 0 Å². The minimum atomic E-state index is 0.890. The second-order valence-electron chi connectivity index (χ2n) is 5.99. The number of nitrogens with one attached hydrogen (secondary N) is 1. The molecule has 1 aromatic rings. The molecule has 1 aromatic heterocycles. The minimum Gasteiger partial charge on any atom is -0.313 e. The Kier molecular flexibility index (Phi) is 6.48. The highest BCUT2D eigenvalue weighted by Crippen LogP contribution is 2.20. The van der Waals surface area contributed by atoms with E-state index in [1.807, 2.05) is 6.20 Å². The van der Waals surface area contributed by atoms with Crippen molar-refractivity contribution in [3.63, 3.8) is 0 Å². The van der Waals surface area contributed by atoms with E-state index in [1.54, 1.807) is 0 Å². The van der Waals surface area contributed by atoms with Crippen LogP contribution in [0.4, 0.5) is 0 Å². The van der Waals surface area contributed by atoms with Gasteiger partial charge in [-0.3, -0.25) is 9.88 Å². The van der Waals surface area contributed by atoms with E-state index in [1.165, 1.54) is 50.0 Å². The van der Waals surface area contributed by atoms with Crippen LogP contribution in [0.15, 0.2) is 18.3 Å². The predicted molar refractivity (Wildman–Crippen MR) is 84.5 cm³/mol. The van der Waals surface area contributed by atoms with Gasteiger partial charge in [-0.05, 0) is 49.9 Å². The maximum atomic E-state index is 4.62. The molecule has 2 heterocycles. The Morgan fingerprint density at radius 3 is 2.95 bits per heavy atom. The first kappa shape index (κ1) is 15.5. The number of rotatable bonds is 7. The third-order valence-electron chi connectivity index (χ3n) is 4.21. The number of hydrogen-bond donors (Lipinski definition) is 1. The van der Waals surface area contributed by atoms with E-state index in [0.717, 1.165) is 25.6 Å². The van der Waals surface area contributed by atoms with E-state index in [2.05, 4.69) is 41.2 Å². The van der Waals surface area contributed by atoms with Crippen LogP contribution in [-0.4, -0.2) is 29.5 Å². The summed E-state index contributed by atoms with van der Waals surface area (Å²) in [5, 5.41) is 3.42. The normalized spacial score (nSPS) is 20.2. The first-order valence-corrected chi connectivity index (χ1v) is 8.18. The Balaban J connectivity index is 1.80. The van der Waals surface area contributed by atoms with Gasteiger partial charge in [0, 0.05) is 25.8 Å². The Bertz CT molecular complexity index is 374. The molecule has 0 saturated carbocycles. The van der Waals surface area contributed by atoms with Crippen LogP contribution in [0.1, 0.15) is 50.8 Å². The number of pyridine rings is 1. The average molecular weight is 275 g/mol. The Morgan fingerprint density at radius 2 is 2.25 bits per heavy atom. The summed E-state index contributed by atoms with van der Waals surface area (Å²) in [4.78, 5) is 7.19. The lowest BCUT2D eigenvalue weighted by Crippen LogP contribution is -2.34. The Hall–Kier alpha value is -0.930. The van der Waals surface area contributed by atoms with Crippen molar-refractivity contribution < 1.29 is 0 Å². The van der Waals surface area contributed by atoms with Gasteiger partial charge in [-0.2, -0.15) is 0 Å². The molecule has 2 rings (SSSR count). The van der Waals surface area contributed by atoms with Crippen molar-refractivity contribution in [2.75, 3.05) is 19.6 Å². The van der Waals surface area contributed by atoms with Gasteiger partial charge < -0.3 is 5.32 Å². The van der Waals surface area contributed by atoms with Crippen LogP contribution in [0, 0.1) is 5.92 Å². The summed E-state index contributed by atoms with van der Waals surface area (Å²) >= 11 is 0. The van der Waals surface area contributed by atoms with Crippen LogP contribution >= 0.6 is 0 Å². The quantitative estimate of drug-likeness (QED) is 0.775. The van der Waals surface area contributed by atoms with Crippen molar-refractivity contribution in [1.82, 2.24) is 15.2 Å². The van der Waals surface area contributed by atoms with E-state index in [-0.39, 0.29) is 0 Å². The van der Waals surface area contributed by atoms with Crippen molar-refractivity contribution >= 4 is 0 Å². The highest BCUT2D eigenvalue weighted by molar-refractivity contribution is 5.14. The fourth-order valence-electron chi connectivity index (χ4n) is 2.92. The molecule has 1 fully saturated rings. The van der Waals surface area contributed by atoms with Gasteiger partial charge in [0.2, 0.25) is 0 Å². The first-order chi connectivity index (χ1) is 9.81. The van der Waals surface area contributed by atoms with Crippen LogP contribution in [0.3, 0.4) is 0 Å². The molecule has 112 valence electrons. The number of likely N-dealkylation sites (tertiary alicyclic amines) is 1. The van der Waals surface area contributed by atoms with Gasteiger partial charge in [-0.25, -0.2) is 0 Å². The van der Waals surface area contributed by atoms with Gasteiger partial charge in [0.05, 0.1) is 5.69 Å². The van der Waals surface area contributed by atoms with Gasteiger partial charge in [-0.15, -0.1) is 0 Å². The highest BCUT2D eigenvalue weighted by Gasteiger charge is 2.18. The SMILES string of the molecule is CCCNCc1ccc(CN2CCCC(CC)C2)nc1. The number of nitrogens with zero attached hydrogens (tertiary/aromatic N) is 2. The second kappa shape index (κ2) is 8.38. The third kappa shape index (κ3) is 4.88. The lowest BCUT2D eigenvalue weighted by atomic mass is 9.95. The largest absolute Gasteiger partial charge is 0.313 e. The summed E-state index contributed by atoms with van der Waals surface area (Å²) in [6, 6.07) is 4.41. The van der Waals surface area contributed by atoms with E-state index < -0.39 is 0 Å². The van der Waals surface area contributed by atoms with Crippen LogP contribution < -0.4 is 5.32 Å². The van der Waals surface area contributed by atoms with E-state index in [9.17, 15) is 0 Å². The minimum absolute atomic E-state index is 0.890. The molecule has 0 bridgehead atoms. The van der Waals surface area contributed by atoms with Crippen molar-refractivity contribution in [3.05, 3.63) is 29.6 Å². The lowest BCUT2D eigenvalue weighted by molar-refractivity contribution is 0.163. The van der Waals surface area contributed by atoms with E-state index in [4.69, 9.17) is 0 Å². The van der Waals surface area contributed by atoms with Crippen molar-refractivity contribution in [2.45, 2.75) is 52.6 Å². The van der Waals surface area contributed by atoms with Crippen LogP contribution in [0.2, 0.25) is 0 Å². The summed E-state index contributed by atoms with van der Waals surface area (Å²) in [6.07, 6.45) is 7.27. The molecular weight excluding hydrogens is 246 g/mol. The van der Waals surface area contributed by atoms with E-state index in [0.29, 0.717) is 0 Å². The molecule has 1 N–H and O–H groups in total. The smallest absolute Gasteiger partial charge is 0.0544 e. The molecule has 1 aliphatic rings. The fraction of sp³-hybridized carbons (Fsp3) is 0.706. The van der Waals surface area contributed by atoms with Gasteiger partial charge in [-0.1, -0.05) is 26.3 Å². The monoisotopic (exact) mass is 275 g/mol. The summed E-state index contributed by atoms with van der Waals surface area (Å²) in [6.45, 7) is 10.0. The van der Waals surface area contributed by atoms with Crippen molar-refractivity contribution in [3.8, 4) is 0 Å². The second-order valence-corrected chi connectivity index (χ2v) is 5.99. The number of piperidine rings is 1. The fourth-order valence-corrected chi connectivity index (χ4v) is 2.92. The zero-order valence-corrected chi connectivity index (χ0v) is 13.1.